The van der Waals surface area contributed by atoms with E-state index in [1.54, 1.807) is 6.92 Å². The molecule has 1 heterocycles. The van der Waals surface area contributed by atoms with Crippen molar-refractivity contribution in [1.29, 1.82) is 0 Å². The van der Waals surface area contributed by atoms with Gasteiger partial charge in [-0.3, -0.25) is 4.79 Å². The van der Waals surface area contributed by atoms with Crippen LogP contribution in [0.15, 0.2) is 24.3 Å². The zero-order chi connectivity index (χ0) is 11.0. The summed E-state index contributed by atoms with van der Waals surface area (Å²) in [6.45, 7) is 1.58. The van der Waals surface area contributed by atoms with Crippen molar-refractivity contribution < 1.29 is 4.79 Å². The first-order chi connectivity index (χ1) is 7.11. The van der Waals surface area contributed by atoms with Crippen molar-refractivity contribution in [2.75, 3.05) is 0 Å². The maximum absolute atomic E-state index is 11.1. The average Bonchev–Trinajstić information content (AvgIpc) is 2.44. The van der Waals surface area contributed by atoms with E-state index >= 15 is 0 Å². The molecule has 15 heavy (non-hydrogen) atoms. The SMILES string of the molecule is CC(=O)Cc1c(Cl)c2ccccc2n1C. The Morgan fingerprint density at radius 1 is 1.40 bits per heavy atom. The molecule has 0 radical (unpaired) electrons. The minimum absolute atomic E-state index is 0.128. The fourth-order valence-electron chi connectivity index (χ4n) is 1.83. The van der Waals surface area contributed by atoms with Crippen LogP contribution in [0.4, 0.5) is 0 Å². The number of Topliss-reactive ketones (excluding diaryl/α,β-unsaturated/α-hetero) is 1. The van der Waals surface area contributed by atoms with E-state index in [1.165, 1.54) is 0 Å². The van der Waals surface area contributed by atoms with Crippen molar-refractivity contribution in [3.63, 3.8) is 0 Å². The minimum Gasteiger partial charge on any atom is -0.346 e. The Bertz CT molecular complexity index is 489. The lowest BCUT2D eigenvalue weighted by atomic mass is 10.2. The van der Waals surface area contributed by atoms with Crippen LogP contribution in [-0.4, -0.2) is 10.4 Å². The Morgan fingerprint density at radius 2 is 2.07 bits per heavy atom. The number of benzene rings is 1. The van der Waals surface area contributed by atoms with Crippen LogP contribution in [0.25, 0.3) is 10.9 Å². The van der Waals surface area contributed by atoms with Crippen LogP contribution in [0, 0.1) is 0 Å². The Labute approximate surface area is 93.5 Å². The van der Waals surface area contributed by atoms with E-state index in [1.807, 2.05) is 35.9 Å². The zero-order valence-electron chi connectivity index (χ0n) is 8.75. The number of para-hydroxylation sites is 1. The summed E-state index contributed by atoms with van der Waals surface area (Å²) in [5.74, 6) is 0.128. The molecular formula is C12H12ClNO. The molecule has 0 aliphatic carbocycles. The standard InChI is InChI=1S/C12H12ClNO/c1-8(15)7-11-12(13)9-5-3-4-6-10(9)14(11)2/h3-6H,7H2,1-2H3. The number of aromatic nitrogens is 1. The number of ketones is 1. The van der Waals surface area contributed by atoms with Gasteiger partial charge in [-0.05, 0) is 13.0 Å². The fourth-order valence-corrected chi connectivity index (χ4v) is 2.19. The van der Waals surface area contributed by atoms with Gasteiger partial charge in [0, 0.05) is 30.1 Å². The molecule has 0 bridgehead atoms. The molecule has 0 N–H and O–H groups in total. The van der Waals surface area contributed by atoms with Crippen molar-refractivity contribution in [3.8, 4) is 0 Å². The Hall–Kier alpha value is -1.28. The van der Waals surface area contributed by atoms with Crippen LogP contribution in [0.5, 0.6) is 0 Å². The third kappa shape index (κ3) is 1.65. The lowest BCUT2D eigenvalue weighted by Crippen LogP contribution is -2.02. The zero-order valence-corrected chi connectivity index (χ0v) is 9.51. The molecule has 0 saturated carbocycles. The van der Waals surface area contributed by atoms with Gasteiger partial charge in [0.05, 0.1) is 5.02 Å². The van der Waals surface area contributed by atoms with Crippen molar-refractivity contribution in [2.45, 2.75) is 13.3 Å². The Morgan fingerprint density at radius 3 is 2.67 bits per heavy atom. The van der Waals surface area contributed by atoms with Gasteiger partial charge >= 0.3 is 0 Å². The summed E-state index contributed by atoms with van der Waals surface area (Å²) < 4.78 is 1.99. The summed E-state index contributed by atoms with van der Waals surface area (Å²) >= 11 is 6.23. The predicted molar refractivity (Wildman–Crippen MR) is 62.3 cm³/mol. The van der Waals surface area contributed by atoms with E-state index < -0.39 is 0 Å². The summed E-state index contributed by atoms with van der Waals surface area (Å²) in [6, 6.07) is 7.90. The van der Waals surface area contributed by atoms with E-state index in [4.69, 9.17) is 11.6 Å². The van der Waals surface area contributed by atoms with Gasteiger partial charge in [-0.25, -0.2) is 0 Å². The molecule has 0 saturated heterocycles. The smallest absolute Gasteiger partial charge is 0.135 e. The van der Waals surface area contributed by atoms with Crippen molar-refractivity contribution >= 4 is 28.3 Å². The van der Waals surface area contributed by atoms with Crippen LogP contribution in [0.1, 0.15) is 12.6 Å². The molecular weight excluding hydrogens is 210 g/mol. The normalized spacial score (nSPS) is 10.9. The molecule has 2 nitrogen and oxygen atoms in total. The Kier molecular flexibility index (Phi) is 2.53. The molecule has 2 aromatic rings. The predicted octanol–water partition coefficient (Wildman–Crippen LogP) is 2.96. The molecule has 3 heteroatoms. The van der Waals surface area contributed by atoms with Crippen molar-refractivity contribution in [3.05, 3.63) is 35.0 Å². The third-order valence-electron chi connectivity index (χ3n) is 2.58. The third-order valence-corrected chi connectivity index (χ3v) is 3.00. The summed E-state index contributed by atoms with van der Waals surface area (Å²) in [5, 5.41) is 1.71. The van der Waals surface area contributed by atoms with E-state index in [2.05, 4.69) is 0 Å². The van der Waals surface area contributed by atoms with E-state index in [0.29, 0.717) is 11.4 Å². The van der Waals surface area contributed by atoms with E-state index in [9.17, 15) is 4.79 Å². The molecule has 78 valence electrons. The average molecular weight is 222 g/mol. The summed E-state index contributed by atoms with van der Waals surface area (Å²) in [5.41, 5.74) is 1.96. The lowest BCUT2D eigenvalue weighted by molar-refractivity contribution is -0.116. The van der Waals surface area contributed by atoms with Gasteiger partial charge in [0.2, 0.25) is 0 Å². The second-order valence-electron chi connectivity index (χ2n) is 3.72. The minimum atomic E-state index is 0.128. The highest BCUT2D eigenvalue weighted by Gasteiger charge is 2.13. The number of rotatable bonds is 2. The van der Waals surface area contributed by atoms with Crippen LogP contribution in [0.3, 0.4) is 0 Å². The largest absolute Gasteiger partial charge is 0.346 e. The number of fused-ring (bicyclic) bond motifs is 1. The van der Waals surface area contributed by atoms with E-state index in [0.717, 1.165) is 16.6 Å². The monoisotopic (exact) mass is 221 g/mol. The number of halogens is 1. The number of carbonyl (C=O) groups excluding carboxylic acids is 1. The summed E-state index contributed by atoms with van der Waals surface area (Å²) in [6.07, 6.45) is 0.393. The second kappa shape index (κ2) is 3.70. The van der Waals surface area contributed by atoms with Crippen LogP contribution < -0.4 is 0 Å². The molecule has 1 aromatic heterocycles. The molecule has 0 aliphatic rings. The highest BCUT2D eigenvalue weighted by atomic mass is 35.5. The van der Waals surface area contributed by atoms with Gasteiger partial charge in [0.1, 0.15) is 5.78 Å². The second-order valence-corrected chi connectivity index (χ2v) is 4.09. The highest BCUT2D eigenvalue weighted by molar-refractivity contribution is 6.36. The number of carbonyl (C=O) groups is 1. The van der Waals surface area contributed by atoms with E-state index in [-0.39, 0.29) is 5.78 Å². The molecule has 1 aromatic carbocycles. The molecule has 0 spiro atoms. The maximum Gasteiger partial charge on any atom is 0.135 e. The first-order valence-corrected chi connectivity index (χ1v) is 5.20. The summed E-state index contributed by atoms with van der Waals surface area (Å²) in [7, 11) is 1.94. The van der Waals surface area contributed by atoms with Gasteiger partial charge in [0.25, 0.3) is 0 Å². The molecule has 0 aliphatic heterocycles. The Balaban J connectivity index is 2.69. The number of nitrogens with zero attached hydrogens (tertiary/aromatic N) is 1. The van der Waals surface area contributed by atoms with Gasteiger partial charge in [-0.15, -0.1) is 0 Å². The van der Waals surface area contributed by atoms with Gasteiger partial charge < -0.3 is 4.57 Å². The maximum atomic E-state index is 11.1. The topological polar surface area (TPSA) is 22.0 Å². The van der Waals surface area contributed by atoms with Crippen molar-refractivity contribution in [1.82, 2.24) is 4.57 Å². The van der Waals surface area contributed by atoms with Crippen molar-refractivity contribution in [2.24, 2.45) is 7.05 Å². The number of hydrogen-bond donors (Lipinski definition) is 0. The van der Waals surface area contributed by atoms with Gasteiger partial charge in [-0.1, -0.05) is 29.8 Å². The summed E-state index contributed by atoms with van der Waals surface area (Å²) in [4.78, 5) is 11.1. The molecule has 0 fully saturated rings. The highest BCUT2D eigenvalue weighted by Crippen LogP contribution is 2.29. The van der Waals surface area contributed by atoms with Crippen LogP contribution in [-0.2, 0) is 18.3 Å². The molecule has 0 unspecified atom stereocenters. The van der Waals surface area contributed by atoms with Crippen LogP contribution >= 0.6 is 11.6 Å². The first-order valence-electron chi connectivity index (χ1n) is 4.82. The molecule has 2 rings (SSSR count). The fraction of sp³-hybridized carbons (Fsp3) is 0.250. The number of aryl methyl sites for hydroxylation is 1. The first kappa shape index (κ1) is 10.2. The van der Waals surface area contributed by atoms with Gasteiger partial charge in [0.15, 0.2) is 0 Å². The molecule has 0 amide bonds. The number of hydrogen-bond acceptors (Lipinski definition) is 1. The van der Waals surface area contributed by atoms with Gasteiger partial charge in [-0.2, -0.15) is 0 Å². The van der Waals surface area contributed by atoms with Crippen LogP contribution in [0.2, 0.25) is 5.02 Å². The quantitative estimate of drug-likeness (QED) is 0.764. The lowest BCUT2D eigenvalue weighted by Gasteiger charge is -2.01. The molecule has 0 atom stereocenters.